The molecular weight excluding hydrogens is 264 g/mol. The van der Waals surface area contributed by atoms with Crippen LogP contribution in [0.4, 0.5) is 0 Å². The van der Waals surface area contributed by atoms with Crippen molar-refractivity contribution >= 4 is 10.0 Å². The zero-order valence-corrected chi connectivity index (χ0v) is 12.5. The highest BCUT2D eigenvalue weighted by atomic mass is 32.2. The molecule has 1 fully saturated rings. The van der Waals surface area contributed by atoms with Gasteiger partial charge in [-0.25, -0.2) is 18.1 Å². The molecule has 7 heteroatoms. The number of nitrogens with zero attached hydrogens (tertiary/aromatic N) is 2. The molecule has 2 heterocycles. The van der Waals surface area contributed by atoms with Crippen LogP contribution in [0.1, 0.15) is 26.1 Å². The summed E-state index contributed by atoms with van der Waals surface area (Å²) in [6.07, 6.45) is 2.60. The number of aryl methyl sites for hydroxylation is 2. The minimum Gasteiger partial charge on any atom is -0.334 e. The first kappa shape index (κ1) is 14.5. The average Bonchev–Trinajstić information content (AvgIpc) is 2.96. The highest BCUT2D eigenvalue weighted by molar-refractivity contribution is 7.89. The normalized spacial score (nSPS) is 21.7. The first-order valence-corrected chi connectivity index (χ1v) is 8.19. The van der Waals surface area contributed by atoms with E-state index in [9.17, 15) is 8.42 Å². The number of hydrogen-bond acceptors (Lipinski definition) is 4. The van der Waals surface area contributed by atoms with E-state index in [4.69, 9.17) is 0 Å². The van der Waals surface area contributed by atoms with E-state index in [0.29, 0.717) is 5.92 Å². The molecule has 6 nitrogen and oxygen atoms in total. The minimum absolute atomic E-state index is 0.0768. The van der Waals surface area contributed by atoms with Crippen LogP contribution >= 0.6 is 0 Å². The van der Waals surface area contributed by atoms with E-state index >= 15 is 0 Å². The molecule has 1 saturated heterocycles. The molecule has 108 valence electrons. The van der Waals surface area contributed by atoms with Gasteiger partial charge in [0, 0.05) is 18.8 Å². The van der Waals surface area contributed by atoms with E-state index in [1.54, 1.807) is 6.20 Å². The van der Waals surface area contributed by atoms with Gasteiger partial charge in [-0.3, -0.25) is 0 Å². The van der Waals surface area contributed by atoms with E-state index in [0.717, 1.165) is 31.9 Å². The number of nitrogens with one attached hydrogen (secondary N) is 2. The summed E-state index contributed by atoms with van der Waals surface area (Å²) in [5.74, 6) is 1.07. The Hall–Kier alpha value is -0.920. The summed E-state index contributed by atoms with van der Waals surface area (Å²) in [6, 6.07) is -0.0768. The number of sulfonamides is 1. The Labute approximate surface area is 114 Å². The van der Waals surface area contributed by atoms with Crippen molar-refractivity contribution in [3.63, 3.8) is 0 Å². The lowest BCUT2D eigenvalue weighted by atomic mass is 10.0. The van der Waals surface area contributed by atoms with Crippen molar-refractivity contribution in [1.29, 1.82) is 0 Å². The Bertz CT molecular complexity index is 532. The van der Waals surface area contributed by atoms with Crippen LogP contribution in [-0.4, -0.2) is 37.1 Å². The van der Waals surface area contributed by atoms with Crippen LogP contribution in [0, 0.1) is 12.8 Å². The molecule has 19 heavy (non-hydrogen) atoms. The first-order chi connectivity index (χ1) is 8.94. The Morgan fingerprint density at radius 1 is 1.63 bits per heavy atom. The fourth-order valence-corrected chi connectivity index (χ4v) is 3.75. The Kier molecular flexibility index (Phi) is 4.27. The van der Waals surface area contributed by atoms with Gasteiger partial charge >= 0.3 is 0 Å². The smallest absolute Gasteiger partial charge is 0.259 e. The maximum absolute atomic E-state index is 12.3. The number of aromatic nitrogens is 2. The second-order valence-electron chi connectivity index (χ2n) is 5.08. The first-order valence-electron chi connectivity index (χ1n) is 6.71. The number of imidazole rings is 1. The minimum atomic E-state index is -3.52. The summed E-state index contributed by atoms with van der Waals surface area (Å²) in [4.78, 5) is 4.13. The van der Waals surface area contributed by atoms with Crippen molar-refractivity contribution in [3.8, 4) is 0 Å². The molecule has 2 rings (SSSR count). The van der Waals surface area contributed by atoms with E-state index in [1.807, 2.05) is 25.3 Å². The van der Waals surface area contributed by atoms with Crippen LogP contribution in [0.15, 0.2) is 11.2 Å². The van der Waals surface area contributed by atoms with Crippen molar-refractivity contribution in [2.45, 2.75) is 44.8 Å². The van der Waals surface area contributed by atoms with Gasteiger partial charge in [-0.2, -0.15) is 0 Å². The van der Waals surface area contributed by atoms with Gasteiger partial charge in [0.2, 0.25) is 0 Å². The van der Waals surface area contributed by atoms with Crippen molar-refractivity contribution in [1.82, 2.24) is 19.6 Å². The zero-order chi connectivity index (χ0) is 14.0. The van der Waals surface area contributed by atoms with Crippen molar-refractivity contribution < 1.29 is 8.42 Å². The summed E-state index contributed by atoms with van der Waals surface area (Å²) in [5.41, 5.74) is 0. The third kappa shape index (κ3) is 3.16. The predicted octanol–water partition coefficient (Wildman–Crippen LogP) is 0.488. The van der Waals surface area contributed by atoms with E-state index in [-0.39, 0.29) is 11.1 Å². The lowest BCUT2D eigenvalue weighted by Gasteiger charge is -2.18. The molecule has 0 spiro atoms. The molecule has 1 aliphatic heterocycles. The SMILES string of the molecule is CCn1cc(S(=O)(=O)NC(C)C2CCNC2)nc1C. The second kappa shape index (κ2) is 5.60. The van der Waals surface area contributed by atoms with Gasteiger partial charge in [-0.15, -0.1) is 0 Å². The molecular formula is C12H22N4O2S. The summed E-state index contributed by atoms with van der Waals surface area (Å²) < 4.78 is 29.1. The molecule has 2 atom stereocenters. The molecule has 2 N–H and O–H groups in total. The molecule has 0 aliphatic carbocycles. The highest BCUT2D eigenvalue weighted by Crippen LogP contribution is 2.16. The van der Waals surface area contributed by atoms with Crippen LogP contribution in [0.5, 0.6) is 0 Å². The van der Waals surface area contributed by atoms with E-state index < -0.39 is 10.0 Å². The zero-order valence-electron chi connectivity index (χ0n) is 11.7. The van der Waals surface area contributed by atoms with Gasteiger partial charge in [0.15, 0.2) is 5.03 Å². The maximum atomic E-state index is 12.3. The standard InChI is InChI=1S/C12H22N4O2S/c1-4-16-8-12(14-10(16)3)19(17,18)15-9(2)11-5-6-13-7-11/h8-9,11,13,15H,4-7H2,1-3H3. The molecule has 1 aromatic heterocycles. The van der Waals surface area contributed by atoms with Gasteiger partial charge in [0.25, 0.3) is 10.0 Å². The van der Waals surface area contributed by atoms with Crippen LogP contribution < -0.4 is 10.0 Å². The quantitative estimate of drug-likeness (QED) is 0.826. The molecule has 0 aromatic carbocycles. The monoisotopic (exact) mass is 286 g/mol. The van der Waals surface area contributed by atoms with Crippen molar-refractivity contribution in [2.24, 2.45) is 5.92 Å². The highest BCUT2D eigenvalue weighted by Gasteiger charge is 2.27. The topological polar surface area (TPSA) is 76.0 Å². The lowest BCUT2D eigenvalue weighted by molar-refractivity contribution is 0.444. The summed E-state index contributed by atoms with van der Waals surface area (Å²) in [5, 5.41) is 3.36. The van der Waals surface area contributed by atoms with Gasteiger partial charge in [-0.1, -0.05) is 0 Å². The molecule has 0 bridgehead atoms. The van der Waals surface area contributed by atoms with Crippen LogP contribution in [-0.2, 0) is 16.6 Å². The molecule has 2 unspecified atom stereocenters. The van der Waals surface area contributed by atoms with Gasteiger partial charge in [-0.05, 0) is 46.2 Å². The number of hydrogen-bond donors (Lipinski definition) is 2. The third-order valence-corrected chi connectivity index (χ3v) is 5.15. The predicted molar refractivity (Wildman–Crippen MR) is 73.4 cm³/mol. The fourth-order valence-electron chi connectivity index (χ4n) is 2.43. The molecule has 0 saturated carbocycles. The summed E-state index contributed by atoms with van der Waals surface area (Å²) in [6.45, 7) is 8.24. The maximum Gasteiger partial charge on any atom is 0.259 e. The molecule has 0 amide bonds. The van der Waals surface area contributed by atoms with Gasteiger partial charge in [0.1, 0.15) is 5.82 Å². The van der Waals surface area contributed by atoms with Crippen molar-refractivity contribution in [2.75, 3.05) is 13.1 Å². The fraction of sp³-hybridized carbons (Fsp3) is 0.750. The van der Waals surface area contributed by atoms with Crippen LogP contribution in [0.25, 0.3) is 0 Å². The number of rotatable bonds is 5. The molecule has 0 radical (unpaired) electrons. The van der Waals surface area contributed by atoms with E-state index in [1.165, 1.54) is 0 Å². The molecule has 1 aliphatic rings. The van der Waals surface area contributed by atoms with Crippen molar-refractivity contribution in [3.05, 3.63) is 12.0 Å². The third-order valence-electron chi connectivity index (χ3n) is 3.72. The Morgan fingerprint density at radius 3 is 2.89 bits per heavy atom. The average molecular weight is 286 g/mol. The van der Waals surface area contributed by atoms with Gasteiger partial charge in [0.05, 0.1) is 0 Å². The Morgan fingerprint density at radius 2 is 2.37 bits per heavy atom. The van der Waals surface area contributed by atoms with E-state index in [2.05, 4.69) is 15.0 Å². The molecule has 1 aromatic rings. The Balaban J connectivity index is 2.12. The second-order valence-corrected chi connectivity index (χ2v) is 6.74. The summed E-state index contributed by atoms with van der Waals surface area (Å²) >= 11 is 0. The largest absolute Gasteiger partial charge is 0.334 e. The lowest BCUT2D eigenvalue weighted by Crippen LogP contribution is -2.39. The van der Waals surface area contributed by atoms with Crippen LogP contribution in [0.2, 0.25) is 0 Å². The summed E-state index contributed by atoms with van der Waals surface area (Å²) in [7, 11) is -3.52. The van der Waals surface area contributed by atoms with Gasteiger partial charge < -0.3 is 9.88 Å². The van der Waals surface area contributed by atoms with Crippen LogP contribution in [0.3, 0.4) is 0 Å².